The standard InChI is InChI=1S/C20H22ClN3S/c1-14(2)12-24-19(17-8-10-18(21)11-9-17)22-23-20(24)25-13-16-6-4-15(3)5-7-16/h4-11,14H,12-13H2,1-3H3. The van der Waals surface area contributed by atoms with Crippen LogP contribution in [0.15, 0.2) is 53.7 Å². The predicted molar refractivity (Wildman–Crippen MR) is 106 cm³/mol. The van der Waals surface area contributed by atoms with Gasteiger partial charge in [0.25, 0.3) is 0 Å². The lowest BCUT2D eigenvalue weighted by molar-refractivity contribution is 0.498. The first-order chi connectivity index (χ1) is 12.0. The molecule has 0 atom stereocenters. The van der Waals surface area contributed by atoms with Gasteiger partial charge in [-0.3, -0.25) is 0 Å². The van der Waals surface area contributed by atoms with Gasteiger partial charge in [0.15, 0.2) is 11.0 Å². The average molecular weight is 372 g/mol. The topological polar surface area (TPSA) is 30.7 Å². The van der Waals surface area contributed by atoms with Crippen LogP contribution in [0.4, 0.5) is 0 Å². The number of aromatic nitrogens is 3. The Morgan fingerprint density at radius 1 is 1.00 bits per heavy atom. The second-order valence-electron chi connectivity index (χ2n) is 6.59. The Morgan fingerprint density at radius 2 is 1.68 bits per heavy atom. The van der Waals surface area contributed by atoms with Crippen LogP contribution in [0, 0.1) is 12.8 Å². The van der Waals surface area contributed by atoms with E-state index in [2.05, 4.69) is 59.8 Å². The lowest BCUT2D eigenvalue weighted by Gasteiger charge is -2.12. The number of rotatable bonds is 6. The molecular weight excluding hydrogens is 350 g/mol. The third-order valence-corrected chi connectivity index (χ3v) is 5.15. The summed E-state index contributed by atoms with van der Waals surface area (Å²) >= 11 is 7.74. The summed E-state index contributed by atoms with van der Waals surface area (Å²) < 4.78 is 2.22. The summed E-state index contributed by atoms with van der Waals surface area (Å²) in [6, 6.07) is 16.4. The van der Waals surface area contributed by atoms with E-state index >= 15 is 0 Å². The SMILES string of the molecule is Cc1ccc(CSc2nnc(-c3ccc(Cl)cc3)n2CC(C)C)cc1. The fraction of sp³-hybridized carbons (Fsp3) is 0.300. The van der Waals surface area contributed by atoms with Gasteiger partial charge in [0.05, 0.1) is 0 Å². The molecule has 130 valence electrons. The molecule has 1 aromatic heterocycles. The molecule has 3 nitrogen and oxygen atoms in total. The van der Waals surface area contributed by atoms with E-state index in [4.69, 9.17) is 11.6 Å². The zero-order chi connectivity index (χ0) is 17.8. The molecule has 25 heavy (non-hydrogen) atoms. The third-order valence-electron chi connectivity index (χ3n) is 3.86. The van der Waals surface area contributed by atoms with Crippen molar-refractivity contribution in [3.63, 3.8) is 0 Å². The summed E-state index contributed by atoms with van der Waals surface area (Å²) in [5.74, 6) is 2.30. The number of hydrogen-bond donors (Lipinski definition) is 0. The van der Waals surface area contributed by atoms with Gasteiger partial charge in [-0.05, 0) is 42.7 Å². The van der Waals surface area contributed by atoms with E-state index in [1.807, 2.05) is 24.3 Å². The van der Waals surface area contributed by atoms with Crippen LogP contribution in [-0.2, 0) is 12.3 Å². The molecule has 0 bridgehead atoms. The Hall–Kier alpha value is -1.78. The van der Waals surface area contributed by atoms with Crippen molar-refractivity contribution in [1.82, 2.24) is 14.8 Å². The Morgan fingerprint density at radius 3 is 2.32 bits per heavy atom. The van der Waals surface area contributed by atoms with Gasteiger partial charge in [-0.15, -0.1) is 10.2 Å². The molecule has 0 aliphatic heterocycles. The van der Waals surface area contributed by atoms with Gasteiger partial charge in [0, 0.05) is 22.9 Å². The number of benzene rings is 2. The summed E-state index contributed by atoms with van der Waals surface area (Å²) in [7, 11) is 0. The molecule has 3 aromatic rings. The van der Waals surface area contributed by atoms with Crippen molar-refractivity contribution in [2.24, 2.45) is 5.92 Å². The zero-order valence-electron chi connectivity index (χ0n) is 14.7. The Labute approximate surface area is 158 Å². The molecule has 0 aliphatic carbocycles. The minimum absolute atomic E-state index is 0.515. The summed E-state index contributed by atoms with van der Waals surface area (Å²) in [6.45, 7) is 7.41. The number of hydrogen-bond acceptors (Lipinski definition) is 3. The minimum Gasteiger partial charge on any atom is -0.302 e. The monoisotopic (exact) mass is 371 g/mol. The fourth-order valence-electron chi connectivity index (χ4n) is 2.57. The van der Waals surface area contributed by atoms with Gasteiger partial charge in [-0.1, -0.05) is 67.0 Å². The van der Waals surface area contributed by atoms with Crippen molar-refractivity contribution < 1.29 is 0 Å². The first-order valence-corrected chi connectivity index (χ1v) is 9.77. The highest BCUT2D eigenvalue weighted by Gasteiger charge is 2.15. The van der Waals surface area contributed by atoms with E-state index in [1.165, 1.54) is 11.1 Å². The van der Waals surface area contributed by atoms with Crippen molar-refractivity contribution in [1.29, 1.82) is 0 Å². The van der Waals surface area contributed by atoms with Crippen molar-refractivity contribution in [3.05, 3.63) is 64.7 Å². The molecular formula is C20H22ClN3S. The molecule has 0 radical (unpaired) electrons. The number of nitrogens with zero attached hydrogens (tertiary/aromatic N) is 3. The smallest absolute Gasteiger partial charge is 0.191 e. The molecule has 0 N–H and O–H groups in total. The van der Waals surface area contributed by atoms with Gasteiger partial charge in [0.2, 0.25) is 0 Å². The highest BCUT2D eigenvalue weighted by atomic mass is 35.5. The van der Waals surface area contributed by atoms with E-state index in [0.29, 0.717) is 5.92 Å². The fourth-order valence-corrected chi connectivity index (χ4v) is 3.60. The highest BCUT2D eigenvalue weighted by molar-refractivity contribution is 7.98. The van der Waals surface area contributed by atoms with Crippen LogP contribution >= 0.6 is 23.4 Å². The molecule has 3 rings (SSSR count). The summed E-state index contributed by atoms with van der Waals surface area (Å²) in [6.07, 6.45) is 0. The van der Waals surface area contributed by atoms with Crippen LogP contribution in [-0.4, -0.2) is 14.8 Å². The first-order valence-electron chi connectivity index (χ1n) is 8.40. The molecule has 0 fully saturated rings. The van der Waals surface area contributed by atoms with Gasteiger partial charge in [0.1, 0.15) is 0 Å². The maximum absolute atomic E-state index is 6.01. The van der Waals surface area contributed by atoms with Gasteiger partial charge >= 0.3 is 0 Å². The van der Waals surface area contributed by atoms with Crippen LogP contribution in [0.25, 0.3) is 11.4 Å². The molecule has 1 heterocycles. The van der Waals surface area contributed by atoms with Crippen LogP contribution in [0.5, 0.6) is 0 Å². The maximum atomic E-state index is 6.01. The van der Waals surface area contributed by atoms with Crippen molar-refractivity contribution >= 4 is 23.4 Å². The Bertz CT molecular complexity index is 823. The summed E-state index contributed by atoms with van der Waals surface area (Å²) in [4.78, 5) is 0. The van der Waals surface area contributed by atoms with Gasteiger partial charge in [-0.25, -0.2) is 0 Å². The Kier molecular flexibility index (Phi) is 5.82. The van der Waals surface area contributed by atoms with E-state index in [1.54, 1.807) is 11.8 Å². The van der Waals surface area contributed by atoms with Crippen molar-refractivity contribution in [3.8, 4) is 11.4 Å². The molecule has 0 saturated heterocycles. The van der Waals surface area contributed by atoms with Crippen LogP contribution in [0.3, 0.4) is 0 Å². The van der Waals surface area contributed by atoms with Crippen molar-refractivity contribution in [2.75, 3.05) is 0 Å². The van der Waals surface area contributed by atoms with Crippen LogP contribution in [0.2, 0.25) is 5.02 Å². The molecule has 0 spiro atoms. The first kappa shape index (κ1) is 18.0. The largest absolute Gasteiger partial charge is 0.302 e. The van der Waals surface area contributed by atoms with E-state index in [0.717, 1.165) is 33.9 Å². The van der Waals surface area contributed by atoms with Crippen LogP contribution in [0.1, 0.15) is 25.0 Å². The molecule has 0 aliphatic rings. The third kappa shape index (κ3) is 4.65. The summed E-state index contributed by atoms with van der Waals surface area (Å²) in [5.41, 5.74) is 3.62. The number of halogens is 1. The van der Waals surface area contributed by atoms with E-state index in [-0.39, 0.29) is 0 Å². The second kappa shape index (κ2) is 8.07. The normalized spacial score (nSPS) is 11.2. The second-order valence-corrected chi connectivity index (χ2v) is 7.97. The Balaban J connectivity index is 1.85. The zero-order valence-corrected chi connectivity index (χ0v) is 16.3. The minimum atomic E-state index is 0.515. The molecule has 0 amide bonds. The van der Waals surface area contributed by atoms with E-state index < -0.39 is 0 Å². The maximum Gasteiger partial charge on any atom is 0.191 e. The lowest BCUT2D eigenvalue weighted by Crippen LogP contribution is -2.07. The lowest BCUT2D eigenvalue weighted by atomic mass is 10.2. The van der Waals surface area contributed by atoms with Gasteiger partial charge < -0.3 is 4.57 Å². The predicted octanol–water partition coefficient (Wildman–Crippen LogP) is 5.86. The van der Waals surface area contributed by atoms with E-state index in [9.17, 15) is 0 Å². The van der Waals surface area contributed by atoms with Crippen LogP contribution < -0.4 is 0 Å². The quantitative estimate of drug-likeness (QED) is 0.509. The average Bonchev–Trinajstić information content (AvgIpc) is 2.97. The van der Waals surface area contributed by atoms with Gasteiger partial charge in [-0.2, -0.15) is 0 Å². The van der Waals surface area contributed by atoms with Crippen molar-refractivity contribution in [2.45, 2.75) is 38.2 Å². The number of aryl methyl sites for hydroxylation is 1. The number of thioether (sulfide) groups is 1. The molecule has 0 saturated carbocycles. The molecule has 5 heteroatoms. The highest BCUT2D eigenvalue weighted by Crippen LogP contribution is 2.28. The molecule has 2 aromatic carbocycles. The molecule has 0 unspecified atom stereocenters. The summed E-state index contributed by atoms with van der Waals surface area (Å²) in [5, 5.41) is 10.6.